The van der Waals surface area contributed by atoms with Crippen LogP contribution in [-0.2, 0) is 11.4 Å². The fourth-order valence-corrected chi connectivity index (χ4v) is 5.07. The highest BCUT2D eigenvalue weighted by molar-refractivity contribution is 8.00. The summed E-state index contributed by atoms with van der Waals surface area (Å²) in [6, 6.07) is 23.5. The molecule has 0 aliphatic carbocycles. The van der Waals surface area contributed by atoms with Crippen LogP contribution in [0.4, 0.5) is 5.69 Å². The van der Waals surface area contributed by atoms with Gasteiger partial charge in [-0.05, 0) is 55.7 Å². The van der Waals surface area contributed by atoms with E-state index in [0.717, 1.165) is 33.7 Å². The summed E-state index contributed by atoms with van der Waals surface area (Å²) in [5, 5.41) is 12.0. The minimum atomic E-state index is -0.447. The Morgan fingerprint density at radius 3 is 2.54 bits per heavy atom. The Kier molecular flexibility index (Phi) is 6.46. The van der Waals surface area contributed by atoms with Gasteiger partial charge in [0.2, 0.25) is 11.1 Å². The third-order valence-electron chi connectivity index (χ3n) is 6.17. The highest BCUT2D eigenvalue weighted by Gasteiger charge is 2.38. The molecule has 0 spiro atoms. The fraction of sp³-hybridized carbons (Fsp3) is 0.222. The summed E-state index contributed by atoms with van der Waals surface area (Å²) >= 11 is 1.40. The molecular formula is C27H27N5O2S. The summed E-state index contributed by atoms with van der Waals surface area (Å²) in [4.78, 5) is 13.6. The van der Waals surface area contributed by atoms with E-state index in [2.05, 4.69) is 52.1 Å². The van der Waals surface area contributed by atoms with Crippen molar-refractivity contribution in [3.63, 3.8) is 0 Å². The number of amides is 1. The van der Waals surface area contributed by atoms with E-state index in [9.17, 15) is 4.79 Å². The van der Waals surface area contributed by atoms with Gasteiger partial charge in [-0.2, -0.15) is 0 Å². The lowest BCUT2D eigenvalue weighted by Gasteiger charge is -2.33. The number of carbonyl (C=O) groups is 1. The molecule has 0 fully saturated rings. The molecular weight excluding hydrogens is 458 g/mol. The summed E-state index contributed by atoms with van der Waals surface area (Å²) < 4.78 is 7.73. The first-order valence-corrected chi connectivity index (χ1v) is 12.4. The maximum Gasteiger partial charge on any atom is 0.240 e. The number of thioether (sulfide) groups is 1. The molecule has 0 radical (unpaired) electrons. The molecule has 2 N–H and O–H groups in total. The number of nitrogens with zero attached hydrogens (tertiary/aromatic N) is 3. The van der Waals surface area contributed by atoms with E-state index in [1.807, 2.05) is 67.1 Å². The van der Waals surface area contributed by atoms with Crippen molar-refractivity contribution in [2.75, 3.05) is 10.7 Å². The lowest BCUT2D eigenvalue weighted by atomic mass is 10.0. The molecule has 0 bridgehead atoms. The Morgan fingerprint density at radius 1 is 1.00 bits per heavy atom. The minimum Gasteiger partial charge on any atom is -0.486 e. The molecule has 2 heterocycles. The van der Waals surface area contributed by atoms with Gasteiger partial charge in [0.1, 0.15) is 17.6 Å². The Bertz CT molecular complexity index is 1340. The number of benzene rings is 3. The lowest BCUT2D eigenvalue weighted by molar-refractivity contribution is -0.116. The Balaban J connectivity index is 1.43. The predicted molar refractivity (Wildman–Crippen MR) is 138 cm³/mol. The number of aromatic nitrogens is 3. The monoisotopic (exact) mass is 485 g/mol. The van der Waals surface area contributed by atoms with E-state index in [1.165, 1.54) is 11.8 Å². The van der Waals surface area contributed by atoms with Gasteiger partial charge in [-0.3, -0.25) is 4.79 Å². The number of rotatable bonds is 6. The van der Waals surface area contributed by atoms with E-state index in [4.69, 9.17) is 4.74 Å². The van der Waals surface area contributed by atoms with Crippen LogP contribution in [0, 0.1) is 20.8 Å². The molecule has 178 valence electrons. The van der Waals surface area contributed by atoms with Gasteiger partial charge in [-0.15, -0.1) is 10.2 Å². The van der Waals surface area contributed by atoms with Crippen LogP contribution in [0.25, 0.3) is 0 Å². The van der Waals surface area contributed by atoms with Crippen LogP contribution in [0.15, 0.2) is 78.0 Å². The van der Waals surface area contributed by atoms with Crippen LogP contribution in [0.5, 0.6) is 5.75 Å². The van der Waals surface area contributed by atoms with Crippen molar-refractivity contribution in [1.82, 2.24) is 14.9 Å². The lowest BCUT2D eigenvalue weighted by Crippen LogP contribution is -2.41. The van der Waals surface area contributed by atoms with Crippen molar-refractivity contribution in [3.05, 3.63) is 101 Å². The number of hydrogen-bond donors (Lipinski definition) is 2. The molecule has 1 aromatic heterocycles. The number of ether oxygens (including phenoxy) is 1. The van der Waals surface area contributed by atoms with E-state index in [0.29, 0.717) is 11.0 Å². The molecule has 1 aliphatic heterocycles. The number of anilines is 1. The first kappa shape index (κ1) is 23.0. The van der Waals surface area contributed by atoms with Crippen molar-refractivity contribution in [3.8, 4) is 5.75 Å². The highest BCUT2D eigenvalue weighted by atomic mass is 32.2. The van der Waals surface area contributed by atoms with Crippen LogP contribution >= 0.6 is 11.8 Å². The van der Waals surface area contributed by atoms with Crippen molar-refractivity contribution in [2.24, 2.45) is 0 Å². The molecule has 35 heavy (non-hydrogen) atoms. The van der Waals surface area contributed by atoms with Crippen LogP contribution < -0.4 is 15.5 Å². The van der Waals surface area contributed by atoms with Gasteiger partial charge in [-0.1, -0.05) is 71.9 Å². The average Bonchev–Trinajstić information content (AvgIpc) is 3.28. The van der Waals surface area contributed by atoms with E-state index in [1.54, 1.807) is 0 Å². The summed E-state index contributed by atoms with van der Waals surface area (Å²) in [5.74, 6) is 1.31. The molecule has 4 aromatic rings. The van der Waals surface area contributed by atoms with Gasteiger partial charge < -0.3 is 15.5 Å². The quantitative estimate of drug-likeness (QED) is 0.392. The van der Waals surface area contributed by atoms with Crippen molar-refractivity contribution in [2.45, 2.75) is 43.8 Å². The summed E-state index contributed by atoms with van der Waals surface area (Å²) in [7, 11) is 0. The molecule has 5 rings (SSSR count). The fourth-order valence-electron chi connectivity index (χ4n) is 3.97. The second-order valence-electron chi connectivity index (χ2n) is 8.63. The molecule has 1 aliphatic rings. The van der Waals surface area contributed by atoms with Crippen molar-refractivity contribution < 1.29 is 9.53 Å². The summed E-state index contributed by atoms with van der Waals surface area (Å²) in [5.41, 5.74) is 8.68. The third kappa shape index (κ3) is 4.88. The average molecular weight is 486 g/mol. The largest absolute Gasteiger partial charge is 0.486 e. The Labute approximate surface area is 208 Å². The number of carbonyl (C=O) groups excluding carboxylic acids is 1. The van der Waals surface area contributed by atoms with E-state index < -0.39 is 5.25 Å². The zero-order valence-electron chi connectivity index (χ0n) is 19.9. The third-order valence-corrected chi connectivity index (χ3v) is 7.39. The van der Waals surface area contributed by atoms with Gasteiger partial charge in [0.05, 0.1) is 6.04 Å². The summed E-state index contributed by atoms with van der Waals surface area (Å²) in [6.07, 6.45) is 0. The van der Waals surface area contributed by atoms with Crippen LogP contribution in [0.3, 0.4) is 0 Å². The molecule has 0 unspecified atom stereocenters. The van der Waals surface area contributed by atoms with Gasteiger partial charge in [0.15, 0.2) is 5.82 Å². The first-order chi connectivity index (χ1) is 17.0. The van der Waals surface area contributed by atoms with E-state index in [-0.39, 0.29) is 18.6 Å². The maximum absolute atomic E-state index is 13.6. The number of nitrogens with one attached hydrogen (secondary N) is 2. The van der Waals surface area contributed by atoms with Crippen molar-refractivity contribution >= 4 is 23.4 Å². The molecule has 2 atom stereocenters. The molecule has 8 heteroatoms. The van der Waals surface area contributed by atoms with Crippen molar-refractivity contribution in [1.29, 1.82) is 0 Å². The highest BCUT2D eigenvalue weighted by Crippen LogP contribution is 2.38. The van der Waals surface area contributed by atoms with Gasteiger partial charge >= 0.3 is 0 Å². The number of hydrogen-bond acceptors (Lipinski definition) is 6. The summed E-state index contributed by atoms with van der Waals surface area (Å²) in [6.45, 7) is 6.36. The molecule has 3 aromatic carbocycles. The van der Waals surface area contributed by atoms with Gasteiger partial charge in [0, 0.05) is 5.69 Å². The smallest absolute Gasteiger partial charge is 0.240 e. The van der Waals surface area contributed by atoms with Crippen LogP contribution in [-0.4, -0.2) is 26.0 Å². The second-order valence-corrected chi connectivity index (χ2v) is 9.74. The predicted octanol–water partition coefficient (Wildman–Crippen LogP) is 5.18. The van der Waals surface area contributed by atoms with Gasteiger partial charge in [-0.25, -0.2) is 4.68 Å². The standard InChI is InChI=1S/C27H27N5O2S/c1-17-12-14-20(15-13-17)24-25(26(33)28-22-11-7-8-18(2)19(22)3)35-27-30-29-23(32(27)31-24)16-34-21-9-5-4-6-10-21/h4-15,24-25,31H,16H2,1-3H3,(H,28,33)/t24-,25-/m1/s1. The second kappa shape index (κ2) is 9.84. The number of para-hydroxylation sites is 1. The topological polar surface area (TPSA) is 81.1 Å². The number of fused-ring (bicyclic) bond motifs is 1. The number of aryl methyl sites for hydroxylation is 2. The Morgan fingerprint density at radius 2 is 1.77 bits per heavy atom. The van der Waals surface area contributed by atoms with Crippen LogP contribution in [0.2, 0.25) is 0 Å². The minimum absolute atomic E-state index is 0.0851. The molecule has 0 saturated heterocycles. The van der Waals surface area contributed by atoms with E-state index >= 15 is 0 Å². The maximum atomic E-state index is 13.6. The zero-order chi connectivity index (χ0) is 24.4. The molecule has 7 nitrogen and oxygen atoms in total. The Hall–Kier alpha value is -3.78. The van der Waals surface area contributed by atoms with Gasteiger partial charge in [0.25, 0.3) is 0 Å². The molecule has 1 amide bonds. The SMILES string of the molecule is Cc1ccc([C@H]2Nn3c(COc4ccccc4)nnc3S[C@H]2C(=O)Nc2cccc(C)c2C)cc1. The molecule has 0 saturated carbocycles. The zero-order valence-corrected chi connectivity index (χ0v) is 20.7. The van der Waals surface area contributed by atoms with Crippen LogP contribution in [0.1, 0.15) is 34.1 Å². The first-order valence-electron chi connectivity index (χ1n) is 11.5. The normalized spacial score (nSPS) is 16.8.